The number of hydrogen-bond donors (Lipinski definition) is 3. The van der Waals surface area contributed by atoms with Crippen molar-refractivity contribution in [3.05, 3.63) is 76.4 Å². The molecule has 1 unspecified atom stereocenters. The normalized spacial score (nSPS) is 14.9. The van der Waals surface area contributed by atoms with Gasteiger partial charge in [-0.2, -0.15) is 0 Å². The highest BCUT2D eigenvalue weighted by molar-refractivity contribution is 5.78. The Morgan fingerprint density at radius 2 is 2.00 bits per heavy atom. The Hall–Kier alpha value is -3.69. The second-order valence-corrected chi connectivity index (χ2v) is 10.3. The number of aryl methyl sites for hydroxylation is 1. The van der Waals surface area contributed by atoms with Gasteiger partial charge in [0.2, 0.25) is 0 Å². The molecule has 9 nitrogen and oxygen atoms in total. The van der Waals surface area contributed by atoms with Gasteiger partial charge in [0.15, 0.2) is 0 Å². The average Bonchev–Trinajstić information content (AvgIpc) is 3.05. The van der Waals surface area contributed by atoms with Crippen molar-refractivity contribution < 1.29 is 14.6 Å². The summed E-state index contributed by atoms with van der Waals surface area (Å²) in [7, 11) is 1.72. The quantitative estimate of drug-likeness (QED) is 0.251. The van der Waals surface area contributed by atoms with Gasteiger partial charge in [-0.25, -0.2) is 5.84 Å². The summed E-state index contributed by atoms with van der Waals surface area (Å²) >= 11 is 0. The van der Waals surface area contributed by atoms with E-state index in [1.807, 2.05) is 50.4 Å². The summed E-state index contributed by atoms with van der Waals surface area (Å²) in [5.41, 5.74) is 11.8. The molecule has 0 fully saturated rings. The maximum absolute atomic E-state index is 12.5. The number of aromatic nitrogens is 2. The van der Waals surface area contributed by atoms with Crippen LogP contribution >= 0.6 is 0 Å². The van der Waals surface area contributed by atoms with Crippen molar-refractivity contribution in [2.45, 2.75) is 46.7 Å². The Morgan fingerprint density at radius 1 is 1.24 bits per heavy atom. The van der Waals surface area contributed by atoms with E-state index >= 15 is 0 Å². The lowest BCUT2D eigenvalue weighted by atomic mass is 9.71. The number of benzene rings is 1. The molecule has 5 N–H and O–H groups in total. The van der Waals surface area contributed by atoms with Crippen molar-refractivity contribution in [1.29, 1.82) is 0 Å². The number of fused-ring (bicyclic) bond motifs is 1. The number of anilines is 2. The zero-order chi connectivity index (χ0) is 26.9. The minimum atomic E-state index is -1.14. The van der Waals surface area contributed by atoms with Crippen LogP contribution in [0.25, 0.3) is 0 Å². The fraction of sp³-hybridized carbons (Fsp3) is 0.393. The Bertz CT molecular complexity index is 1310. The van der Waals surface area contributed by atoms with Crippen molar-refractivity contribution in [2.24, 2.45) is 11.3 Å². The predicted molar refractivity (Wildman–Crippen MR) is 144 cm³/mol. The van der Waals surface area contributed by atoms with Crippen LogP contribution in [0.4, 0.5) is 11.4 Å². The van der Waals surface area contributed by atoms with Gasteiger partial charge in [0.05, 0.1) is 22.5 Å². The van der Waals surface area contributed by atoms with Crippen LogP contribution in [-0.2, 0) is 17.9 Å². The van der Waals surface area contributed by atoms with Gasteiger partial charge < -0.3 is 20.6 Å². The zero-order valence-electron chi connectivity index (χ0n) is 22.2. The number of hydrazine groups is 1. The summed E-state index contributed by atoms with van der Waals surface area (Å²) in [5, 5.41) is 11.7. The number of carboxylic acid groups (broad SMARTS) is 1. The third-order valence-electron chi connectivity index (χ3n) is 7.31. The topological polar surface area (TPSA) is 131 Å². The summed E-state index contributed by atoms with van der Waals surface area (Å²) in [6, 6.07) is 9.59. The van der Waals surface area contributed by atoms with E-state index in [4.69, 9.17) is 21.3 Å². The molecular formula is C28H36N6O3. The summed E-state index contributed by atoms with van der Waals surface area (Å²) in [6.07, 6.45) is 3.58. The number of pyridine rings is 2. The number of ether oxygens (including phenoxy) is 1. The molecule has 0 saturated heterocycles. The van der Waals surface area contributed by atoms with E-state index in [0.29, 0.717) is 36.8 Å². The number of nitrogens with two attached hydrogens (primary N) is 2. The maximum atomic E-state index is 12.5. The molecule has 0 spiro atoms. The van der Waals surface area contributed by atoms with Crippen LogP contribution in [0.1, 0.15) is 53.4 Å². The third kappa shape index (κ3) is 5.23. The van der Waals surface area contributed by atoms with Gasteiger partial charge in [0, 0.05) is 56.3 Å². The summed E-state index contributed by atoms with van der Waals surface area (Å²) in [6.45, 7) is 10.0. The number of carboxylic acids is 1. The molecule has 0 amide bonds. The molecule has 0 bridgehead atoms. The smallest absolute Gasteiger partial charge is 0.310 e. The Kier molecular flexibility index (Phi) is 7.38. The van der Waals surface area contributed by atoms with E-state index in [1.54, 1.807) is 27.1 Å². The minimum absolute atomic E-state index is 0.526. The van der Waals surface area contributed by atoms with Gasteiger partial charge >= 0.3 is 5.97 Å². The molecule has 1 atom stereocenters. The molecule has 0 saturated carbocycles. The van der Waals surface area contributed by atoms with E-state index in [9.17, 15) is 9.90 Å². The van der Waals surface area contributed by atoms with Crippen molar-refractivity contribution in [1.82, 2.24) is 14.9 Å². The SMILES string of the molecule is Cc1ccc(C(c2ccc(N(C)N)c(N)c2C)C(C)(C)C(=O)O)nc1CN1CCOc2ccncc2C1. The first-order valence-electron chi connectivity index (χ1n) is 12.4. The molecule has 3 aromatic rings. The molecule has 0 radical (unpaired) electrons. The van der Waals surface area contributed by atoms with Crippen LogP contribution < -0.4 is 21.3 Å². The van der Waals surface area contributed by atoms with Gasteiger partial charge in [-0.15, -0.1) is 0 Å². The van der Waals surface area contributed by atoms with Crippen LogP contribution in [0.5, 0.6) is 5.75 Å². The molecule has 37 heavy (non-hydrogen) atoms. The Balaban J connectivity index is 1.75. The Morgan fingerprint density at radius 3 is 2.70 bits per heavy atom. The van der Waals surface area contributed by atoms with E-state index in [1.165, 1.54) is 5.01 Å². The number of aliphatic carboxylic acids is 1. The molecule has 196 valence electrons. The largest absolute Gasteiger partial charge is 0.492 e. The number of rotatable bonds is 7. The van der Waals surface area contributed by atoms with Gasteiger partial charge in [0.25, 0.3) is 0 Å². The average molecular weight is 505 g/mol. The fourth-order valence-electron chi connectivity index (χ4n) is 4.93. The lowest BCUT2D eigenvalue weighted by molar-refractivity contribution is -0.147. The lowest BCUT2D eigenvalue weighted by Gasteiger charge is -2.33. The fourth-order valence-corrected chi connectivity index (χ4v) is 4.93. The third-order valence-corrected chi connectivity index (χ3v) is 7.31. The van der Waals surface area contributed by atoms with Gasteiger partial charge in [-0.05, 0) is 62.6 Å². The number of nitrogens with zero attached hydrogens (tertiary/aromatic N) is 4. The van der Waals surface area contributed by atoms with Gasteiger partial charge in [0.1, 0.15) is 12.4 Å². The second kappa shape index (κ2) is 10.4. The standard InChI is InChI=1S/C28H36N6O3/c1-17-6-8-21(32-22(17)16-34-12-13-37-24-10-11-31-14-19(24)15-34)25(28(3,4)27(35)36)20-7-9-23(33(5)30)26(29)18(20)2/h6-11,14,25H,12-13,15-16,29-30H2,1-5H3,(H,35,36). The molecule has 2 aromatic heterocycles. The maximum Gasteiger partial charge on any atom is 0.310 e. The predicted octanol–water partition coefficient (Wildman–Crippen LogP) is 3.62. The van der Waals surface area contributed by atoms with Crippen molar-refractivity contribution >= 4 is 17.3 Å². The number of carbonyl (C=O) groups is 1. The lowest BCUT2D eigenvalue weighted by Crippen LogP contribution is -2.34. The van der Waals surface area contributed by atoms with Crippen LogP contribution in [0, 0.1) is 19.3 Å². The summed E-state index contributed by atoms with van der Waals surface area (Å²) in [4.78, 5) is 24.1. The van der Waals surface area contributed by atoms with Crippen LogP contribution in [0.15, 0.2) is 42.7 Å². The van der Waals surface area contributed by atoms with E-state index in [0.717, 1.165) is 40.2 Å². The molecule has 0 aliphatic carbocycles. The molecule has 9 heteroatoms. The number of nitrogen functional groups attached to an aromatic ring is 1. The second-order valence-electron chi connectivity index (χ2n) is 10.3. The van der Waals surface area contributed by atoms with Gasteiger partial charge in [-0.1, -0.05) is 12.1 Å². The molecule has 3 heterocycles. The number of hydrogen-bond acceptors (Lipinski definition) is 8. The van der Waals surface area contributed by atoms with Crippen molar-refractivity contribution in [3.8, 4) is 5.75 Å². The highest BCUT2D eigenvalue weighted by Gasteiger charge is 2.41. The van der Waals surface area contributed by atoms with E-state index in [2.05, 4.69) is 9.88 Å². The molecule has 1 aromatic carbocycles. The first-order valence-corrected chi connectivity index (χ1v) is 12.4. The highest BCUT2D eigenvalue weighted by atomic mass is 16.5. The van der Waals surface area contributed by atoms with Crippen LogP contribution in [0.2, 0.25) is 0 Å². The first kappa shape index (κ1) is 26.4. The molecule has 4 rings (SSSR count). The van der Waals surface area contributed by atoms with Crippen molar-refractivity contribution in [3.63, 3.8) is 0 Å². The Labute approximate surface area is 218 Å². The van der Waals surface area contributed by atoms with E-state index in [-0.39, 0.29) is 0 Å². The molecule has 1 aliphatic heterocycles. The van der Waals surface area contributed by atoms with Crippen LogP contribution in [-0.4, -0.2) is 46.1 Å². The zero-order valence-corrected chi connectivity index (χ0v) is 22.2. The highest BCUT2D eigenvalue weighted by Crippen LogP contribution is 2.44. The molecular weight excluding hydrogens is 468 g/mol. The summed E-state index contributed by atoms with van der Waals surface area (Å²) < 4.78 is 5.90. The minimum Gasteiger partial charge on any atom is -0.492 e. The van der Waals surface area contributed by atoms with Gasteiger partial charge in [-0.3, -0.25) is 19.7 Å². The molecule has 1 aliphatic rings. The van der Waals surface area contributed by atoms with Crippen molar-refractivity contribution in [2.75, 3.05) is 30.9 Å². The first-order chi connectivity index (χ1) is 17.5. The van der Waals surface area contributed by atoms with Crippen LogP contribution in [0.3, 0.4) is 0 Å². The van der Waals surface area contributed by atoms with E-state index < -0.39 is 17.3 Å². The monoisotopic (exact) mass is 504 g/mol. The summed E-state index contributed by atoms with van der Waals surface area (Å²) in [5.74, 6) is 5.37.